The lowest BCUT2D eigenvalue weighted by Gasteiger charge is -2.19. The maximum atomic E-state index is 11.9. The summed E-state index contributed by atoms with van der Waals surface area (Å²) in [7, 11) is -3.28. The van der Waals surface area contributed by atoms with E-state index in [-0.39, 0.29) is 23.7 Å². The van der Waals surface area contributed by atoms with Crippen LogP contribution in [0, 0.1) is 0 Å². The third kappa shape index (κ3) is 3.86. The Labute approximate surface area is 119 Å². The van der Waals surface area contributed by atoms with E-state index in [1.165, 1.54) is 12.1 Å². The van der Waals surface area contributed by atoms with Crippen LogP contribution in [-0.2, 0) is 9.84 Å². The zero-order valence-electron chi connectivity index (χ0n) is 11.8. The van der Waals surface area contributed by atoms with Gasteiger partial charge in [0.15, 0.2) is 9.84 Å². The summed E-state index contributed by atoms with van der Waals surface area (Å²) >= 11 is 0. The zero-order valence-corrected chi connectivity index (χ0v) is 12.7. The lowest BCUT2D eigenvalue weighted by Crippen LogP contribution is -2.32. The van der Waals surface area contributed by atoms with E-state index in [9.17, 15) is 13.2 Å². The number of nitrogens with two attached hydrogens (primary N) is 2. The van der Waals surface area contributed by atoms with Gasteiger partial charge in [-0.05, 0) is 39.0 Å². The van der Waals surface area contributed by atoms with Gasteiger partial charge in [-0.15, -0.1) is 0 Å². The van der Waals surface area contributed by atoms with E-state index in [4.69, 9.17) is 16.2 Å². The number of carbonyl (C=O) groups excluding carboxylic acids is 1. The zero-order chi connectivity index (χ0) is 15.6. The molecule has 1 amide bonds. The third-order valence-corrected chi connectivity index (χ3v) is 5.38. The molecule has 112 valence electrons. The van der Waals surface area contributed by atoms with Crippen molar-refractivity contribution in [2.75, 3.05) is 18.1 Å². The molecule has 0 unspecified atom stereocenters. The minimum absolute atomic E-state index is 0.0518. The number of benzene rings is 1. The fraction of sp³-hybridized carbons (Fsp3) is 0.462. The summed E-state index contributed by atoms with van der Waals surface area (Å²) in [5, 5.41) is 0. The first-order valence-electron chi connectivity index (χ1n) is 6.09. The minimum Gasteiger partial charge on any atom is -0.492 e. The molecule has 0 bridgehead atoms. The number of ether oxygens (including phenoxy) is 1. The van der Waals surface area contributed by atoms with Crippen LogP contribution in [0.5, 0.6) is 5.75 Å². The van der Waals surface area contributed by atoms with Gasteiger partial charge >= 0.3 is 0 Å². The minimum atomic E-state index is -3.28. The van der Waals surface area contributed by atoms with Crippen molar-refractivity contribution in [3.63, 3.8) is 0 Å². The summed E-state index contributed by atoms with van der Waals surface area (Å²) in [6.07, 6.45) is 0. The molecule has 0 saturated heterocycles. The predicted octanol–water partition coefficient (Wildman–Crippen LogP) is 0.960. The lowest BCUT2D eigenvalue weighted by molar-refractivity contribution is 0.0996. The van der Waals surface area contributed by atoms with Crippen molar-refractivity contribution in [3.05, 3.63) is 23.8 Å². The quantitative estimate of drug-likeness (QED) is 0.786. The van der Waals surface area contributed by atoms with Gasteiger partial charge in [0.2, 0.25) is 0 Å². The van der Waals surface area contributed by atoms with E-state index in [0.29, 0.717) is 5.69 Å². The smallest absolute Gasteiger partial charge is 0.252 e. The normalized spacial score (nSPS) is 12.2. The fourth-order valence-corrected chi connectivity index (χ4v) is 2.35. The standard InChI is InChI=1S/C13H20N2O4S/c1-13(2,3)20(17,18)7-6-19-11-5-4-9(14)8-10(11)12(15)16/h4-5,8H,6-7,14H2,1-3H3,(H2,15,16). The number of nitrogen functional groups attached to an aromatic ring is 1. The molecule has 1 rings (SSSR count). The second kappa shape index (κ2) is 5.70. The summed E-state index contributed by atoms with van der Waals surface area (Å²) < 4.78 is 28.4. The number of primary amides is 1. The van der Waals surface area contributed by atoms with Crippen molar-refractivity contribution in [2.24, 2.45) is 5.73 Å². The molecule has 0 radical (unpaired) electrons. The molecular formula is C13H20N2O4S. The van der Waals surface area contributed by atoms with Crippen LogP contribution in [-0.4, -0.2) is 31.4 Å². The van der Waals surface area contributed by atoms with Crippen molar-refractivity contribution >= 4 is 21.4 Å². The van der Waals surface area contributed by atoms with Crippen LogP contribution in [0.4, 0.5) is 5.69 Å². The molecule has 0 aliphatic rings. The van der Waals surface area contributed by atoms with Gasteiger partial charge in [0.05, 0.1) is 16.1 Å². The highest BCUT2D eigenvalue weighted by Crippen LogP contribution is 2.22. The summed E-state index contributed by atoms with van der Waals surface area (Å²) in [6, 6.07) is 4.45. The largest absolute Gasteiger partial charge is 0.492 e. The Morgan fingerprint density at radius 3 is 2.40 bits per heavy atom. The van der Waals surface area contributed by atoms with Crippen LogP contribution >= 0.6 is 0 Å². The van der Waals surface area contributed by atoms with Crippen molar-refractivity contribution in [2.45, 2.75) is 25.5 Å². The van der Waals surface area contributed by atoms with E-state index in [1.54, 1.807) is 26.8 Å². The Bertz CT molecular complexity index is 603. The van der Waals surface area contributed by atoms with Crippen LogP contribution < -0.4 is 16.2 Å². The number of hydrogen-bond acceptors (Lipinski definition) is 5. The average Bonchev–Trinajstić information content (AvgIpc) is 2.29. The van der Waals surface area contributed by atoms with Gasteiger partial charge in [-0.3, -0.25) is 4.79 Å². The predicted molar refractivity (Wildman–Crippen MR) is 78.4 cm³/mol. The molecule has 7 heteroatoms. The van der Waals surface area contributed by atoms with Gasteiger partial charge in [0.1, 0.15) is 12.4 Å². The summed E-state index contributed by atoms with van der Waals surface area (Å²) in [5.74, 6) is -0.583. The monoisotopic (exact) mass is 300 g/mol. The maximum Gasteiger partial charge on any atom is 0.252 e. The van der Waals surface area contributed by atoms with E-state index < -0.39 is 20.5 Å². The van der Waals surface area contributed by atoms with E-state index >= 15 is 0 Å². The molecule has 4 N–H and O–H groups in total. The van der Waals surface area contributed by atoms with Crippen molar-refractivity contribution < 1.29 is 17.9 Å². The van der Waals surface area contributed by atoms with Crippen LogP contribution in [0.3, 0.4) is 0 Å². The maximum absolute atomic E-state index is 11.9. The molecule has 0 saturated carbocycles. The molecule has 20 heavy (non-hydrogen) atoms. The second-order valence-corrected chi connectivity index (χ2v) is 8.26. The van der Waals surface area contributed by atoms with E-state index in [2.05, 4.69) is 0 Å². The number of hydrogen-bond donors (Lipinski definition) is 2. The highest BCUT2D eigenvalue weighted by Gasteiger charge is 2.28. The number of sulfone groups is 1. The van der Waals surface area contributed by atoms with Gasteiger partial charge in [0, 0.05) is 5.69 Å². The van der Waals surface area contributed by atoms with E-state index in [0.717, 1.165) is 0 Å². The lowest BCUT2D eigenvalue weighted by atomic mass is 10.1. The van der Waals surface area contributed by atoms with Gasteiger partial charge in [0.25, 0.3) is 5.91 Å². The Morgan fingerprint density at radius 1 is 1.30 bits per heavy atom. The van der Waals surface area contributed by atoms with Crippen LogP contribution in [0.2, 0.25) is 0 Å². The highest BCUT2D eigenvalue weighted by molar-refractivity contribution is 7.92. The highest BCUT2D eigenvalue weighted by atomic mass is 32.2. The first-order valence-corrected chi connectivity index (χ1v) is 7.74. The third-order valence-electron chi connectivity index (χ3n) is 2.81. The SMILES string of the molecule is CC(C)(C)S(=O)(=O)CCOc1ccc(N)cc1C(N)=O. The molecule has 0 heterocycles. The number of carbonyl (C=O) groups is 1. The Morgan fingerprint density at radius 2 is 1.90 bits per heavy atom. The molecule has 6 nitrogen and oxygen atoms in total. The molecule has 0 aliphatic heterocycles. The first kappa shape index (κ1) is 16.3. The van der Waals surface area contributed by atoms with Crippen molar-refractivity contribution in [3.8, 4) is 5.75 Å². The van der Waals surface area contributed by atoms with Gasteiger partial charge in [-0.25, -0.2) is 8.42 Å². The van der Waals surface area contributed by atoms with Gasteiger partial charge in [-0.1, -0.05) is 0 Å². The molecule has 0 atom stereocenters. The number of rotatable bonds is 5. The number of anilines is 1. The summed E-state index contributed by atoms with van der Waals surface area (Å²) in [5.41, 5.74) is 11.3. The molecule has 0 aromatic heterocycles. The van der Waals surface area contributed by atoms with E-state index in [1.807, 2.05) is 0 Å². The van der Waals surface area contributed by atoms with Crippen LogP contribution in [0.1, 0.15) is 31.1 Å². The molecule has 0 fully saturated rings. The Balaban J connectivity index is 2.80. The molecule has 1 aromatic rings. The topological polar surface area (TPSA) is 112 Å². The molecule has 0 aliphatic carbocycles. The fourth-order valence-electron chi connectivity index (χ4n) is 1.43. The first-order chi connectivity index (χ1) is 9.04. The summed E-state index contributed by atoms with van der Waals surface area (Å²) in [4.78, 5) is 11.3. The van der Waals surface area contributed by atoms with Gasteiger partial charge in [-0.2, -0.15) is 0 Å². The second-order valence-electron chi connectivity index (χ2n) is 5.40. The van der Waals surface area contributed by atoms with Crippen LogP contribution in [0.25, 0.3) is 0 Å². The van der Waals surface area contributed by atoms with Gasteiger partial charge < -0.3 is 16.2 Å². The Kier molecular flexibility index (Phi) is 4.65. The average molecular weight is 300 g/mol. The molecule has 1 aromatic carbocycles. The summed E-state index contributed by atoms with van der Waals surface area (Å²) in [6.45, 7) is 4.82. The van der Waals surface area contributed by atoms with Crippen LogP contribution in [0.15, 0.2) is 18.2 Å². The molecule has 0 spiro atoms. The number of amides is 1. The Hall–Kier alpha value is -1.76. The van der Waals surface area contributed by atoms with Crippen molar-refractivity contribution in [1.29, 1.82) is 0 Å². The van der Waals surface area contributed by atoms with Crippen molar-refractivity contribution in [1.82, 2.24) is 0 Å². The molecular weight excluding hydrogens is 280 g/mol.